The minimum absolute atomic E-state index is 0.0639. The maximum Gasteiger partial charge on any atom is 0.500 e. The van der Waals surface area contributed by atoms with Crippen molar-refractivity contribution in [3.05, 3.63) is 0 Å². The lowest BCUT2D eigenvalue weighted by Crippen LogP contribution is -2.67. The van der Waals surface area contributed by atoms with Gasteiger partial charge in [0.25, 0.3) is 5.67 Å². The van der Waals surface area contributed by atoms with Crippen molar-refractivity contribution in [3.8, 4) is 0 Å². The van der Waals surface area contributed by atoms with Gasteiger partial charge in [-0.2, -0.15) is 39.5 Å². The van der Waals surface area contributed by atoms with Crippen molar-refractivity contribution in [3.63, 3.8) is 0 Å². The van der Waals surface area contributed by atoms with Gasteiger partial charge >= 0.3 is 85.0 Å². The topological polar surface area (TPSA) is 138 Å². The van der Waals surface area contributed by atoms with Crippen LogP contribution in [0, 0.1) is 0 Å². The standard InChI is InChI=1S/C32H68F10O15Si7/c1-28(33,30(35,36)37)32(41,42)53-29(34,31(38,39)40)27-52-19-15-20-58(11)54-59(12,21-16-24-62(43-2,44-3)45-4)56-61(14,23-18-26-64(49-8,50-9)51-10)57-60(13,55-58)22-17-25-63(46-5,47-6)48-7/h15-27H2,1-14H3. The van der Waals surface area contributed by atoms with Crippen molar-refractivity contribution in [1.29, 1.82) is 0 Å². The van der Waals surface area contributed by atoms with E-state index in [9.17, 15) is 39.5 Å². The third kappa shape index (κ3) is 16.7. The number of hydrogen-bond acceptors (Lipinski definition) is 15. The average Bonchev–Trinajstić information content (AvgIpc) is 3.18. The first kappa shape index (κ1) is 62.2. The summed E-state index contributed by atoms with van der Waals surface area (Å²) in [7, 11) is -9.76. The SMILES string of the molecule is CO[Si](CCC[Si]1(C)O[Si](C)(CCCOCC(F)(OC(F)(F)C(C)(F)C(F)(F)F)C(F)(F)F)O[Si](C)(CCC[Si](OC)(OC)OC)O[Si](C)(CCC[Si](OC)(OC)OC)O1)(OC)OC. The van der Waals surface area contributed by atoms with Crippen LogP contribution in [0.5, 0.6) is 0 Å². The predicted octanol–water partition coefficient (Wildman–Crippen LogP) is 8.69. The molecule has 1 saturated heterocycles. The van der Waals surface area contributed by atoms with Gasteiger partial charge in [-0.05, 0) is 83.0 Å². The predicted molar refractivity (Wildman–Crippen MR) is 226 cm³/mol. The van der Waals surface area contributed by atoms with E-state index in [4.69, 9.17) is 61.0 Å². The summed E-state index contributed by atoms with van der Waals surface area (Å²) >= 11 is 0. The summed E-state index contributed by atoms with van der Waals surface area (Å²) in [5.41, 5.74) is -5.70. The summed E-state index contributed by atoms with van der Waals surface area (Å²) in [6.07, 6.45) is -18.0. The summed E-state index contributed by atoms with van der Waals surface area (Å²) in [4.78, 5) is 0. The zero-order valence-electron chi connectivity index (χ0n) is 39.1. The summed E-state index contributed by atoms with van der Waals surface area (Å²) in [5, 5.41) is 0. The van der Waals surface area contributed by atoms with Gasteiger partial charge in [-0.1, -0.05) is 0 Å². The minimum atomic E-state index is -6.43. The zero-order chi connectivity index (χ0) is 49.8. The fourth-order valence-corrected chi connectivity index (χ4v) is 36.7. The molecule has 1 fully saturated rings. The smallest absolute Gasteiger partial charge is 0.416 e. The molecule has 1 aliphatic heterocycles. The van der Waals surface area contributed by atoms with Crippen LogP contribution < -0.4 is 0 Å². The number of ether oxygens (including phenoxy) is 2. The Balaban J connectivity index is 3.66. The van der Waals surface area contributed by atoms with Crippen molar-refractivity contribution >= 4 is 60.7 Å². The molecular weight excluding hydrogens is 1010 g/mol. The first-order chi connectivity index (χ1) is 29.2. The van der Waals surface area contributed by atoms with Crippen LogP contribution in [0.3, 0.4) is 0 Å². The lowest BCUT2D eigenvalue weighted by atomic mass is 10.1. The summed E-state index contributed by atoms with van der Waals surface area (Å²) < 4.78 is 225. The molecular formula is C32H68F10O15Si7. The molecule has 1 aliphatic rings. The molecule has 0 N–H and O–H groups in total. The Morgan fingerprint density at radius 2 is 0.688 bits per heavy atom. The molecule has 1 heterocycles. The van der Waals surface area contributed by atoms with Gasteiger partial charge in [0.1, 0.15) is 6.61 Å². The first-order valence-corrected chi connectivity index (χ1v) is 36.0. The lowest BCUT2D eigenvalue weighted by Gasteiger charge is -2.50. The van der Waals surface area contributed by atoms with E-state index in [-0.39, 0.29) is 12.5 Å². The Labute approximate surface area is 377 Å². The van der Waals surface area contributed by atoms with E-state index >= 15 is 4.39 Å². The Bertz CT molecular complexity index is 1320. The molecule has 1 rings (SSSR count). The number of alkyl halides is 10. The number of halogens is 10. The Kier molecular flexibility index (Phi) is 23.7. The molecule has 0 spiro atoms. The molecule has 64 heavy (non-hydrogen) atoms. The highest BCUT2D eigenvalue weighted by molar-refractivity contribution is 6.94. The summed E-state index contributed by atoms with van der Waals surface area (Å²) in [5.74, 6) is -5.55. The maximum absolute atomic E-state index is 15.1. The van der Waals surface area contributed by atoms with Gasteiger partial charge in [0.2, 0.25) is 0 Å². The van der Waals surface area contributed by atoms with Gasteiger partial charge in [-0.3, -0.25) is 4.74 Å². The molecule has 32 heteroatoms. The minimum Gasteiger partial charge on any atom is -0.416 e. The normalized spacial score (nSPS) is 26.6. The van der Waals surface area contributed by atoms with Crippen molar-refractivity contribution in [2.75, 3.05) is 77.2 Å². The van der Waals surface area contributed by atoms with Crippen molar-refractivity contribution < 1.29 is 110 Å². The Hall–Kier alpha value is 0.218. The van der Waals surface area contributed by atoms with Gasteiger partial charge < -0.3 is 61.0 Å². The summed E-state index contributed by atoms with van der Waals surface area (Å²) in [6, 6.07) is 2.13. The highest BCUT2D eigenvalue weighted by Gasteiger charge is 2.74. The van der Waals surface area contributed by atoms with Crippen LogP contribution >= 0.6 is 0 Å². The van der Waals surface area contributed by atoms with Crippen LogP contribution in [0.1, 0.15) is 32.6 Å². The second kappa shape index (κ2) is 24.4. The van der Waals surface area contributed by atoms with Crippen molar-refractivity contribution in [2.45, 2.75) is 131 Å². The van der Waals surface area contributed by atoms with Crippen LogP contribution in [0.25, 0.3) is 0 Å². The van der Waals surface area contributed by atoms with Gasteiger partial charge in [-0.25, -0.2) is 4.39 Å². The average molecular weight is 1080 g/mol. The summed E-state index contributed by atoms with van der Waals surface area (Å²) in [6.45, 7) is 3.31. The third-order valence-corrected chi connectivity index (χ3v) is 38.2. The van der Waals surface area contributed by atoms with Gasteiger partial charge in [-0.15, -0.1) is 0 Å². The quantitative estimate of drug-likeness (QED) is 0.0385. The van der Waals surface area contributed by atoms with Crippen molar-refractivity contribution in [1.82, 2.24) is 0 Å². The van der Waals surface area contributed by atoms with Crippen LogP contribution in [0.15, 0.2) is 0 Å². The van der Waals surface area contributed by atoms with E-state index in [1.54, 1.807) is 6.55 Å². The molecule has 0 aromatic carbocycles. The molecule has 4 atom stereocenters. The van der Waals surface area contributed by atoms with E-state index in [1.165, 1.54) is 64.0 Å². The molecule has 0 bridgehead atoms. The molecule has 0 aliphatic carbocycles. The van der Waals surface area contributed by atoms with Crippen LogP contribution in [-0.2, 0) is 65.8 Å². The maximum atomic E-state index is 15.1. The molecule has 0 aromatic rings. The van der Waals surface area contributed by atoms with Gasteiger partial charge in [0, 0.05) is 88.7 Å². The zero-order valence-corrected chi connectivity index (χ0v) is 46.1. The van der Waals surface area contributed by atoms with E-state index in [1.807, 2.05) is 19.6 Å². The van der Waals surface area contributed by atoms with Crippen LogP contribution in [0.4, 0.5) is 43.9 Å². The lowest BCUT2D eigenvalue weighted by molar-refractivity contribution is -0.462. The molecule has 4 unspecified atom stereocenters. The second-order valence-electron chi connectivity index (χ2n) is 15.9. The first-order valence-electron chi connectivity index (χ1n) is 20.1. The Morgan fingerprint density at radius 1 is 0.422 bits per heavy atom. The van der Waals surface area contributed by atoms with E-state index in [0.29, 0.717) is 55.5 Å². The second-order valence-corrected chi connectivity index (χ2v) is 39.5. The monoisotopic (exact) mass is 1080 g/mol. The fraction of sp³-hybridized carbons (Fsp3) is 1.00. The molecule has 384 valence electrons. The van der Waals surface area contributed by atoms with Crippen LogP contribution in [-0.4, -0.2) is 168 Å². The molecule has 0 amide bonds. The molecule has 0 saturated carbocycles. The number of hydrogen-bond donors (Lipinski definition) is 0. The van der Waals surface area contributed by atoms with E-state index in [2.05, 4.69) is 4.74 Å². The fourth-order valence-electron chi connectivity index (χ4n) is 7.20. The molecule has 15 nitrogen and oxygen atoms in total. The largest absolute Gasteiger partial charge is 0.500 e. The molecule has 0 radical (unpaired) electrons. The van der Waals surface area contributed by atoms with Gasteiger partial charge in [0.15, 0.2) is 0 Å². The van der Waals surface area contributed by atoms with E-state index in [0.717, 1.165) is 0 Å². The number of rotatable bonds is 30. The molecule has 0 aromatic heterocycles. The van der Waals surface area contributed by atoms with Gasteiger partial charge in [0.05, 0.1) is 0 Å². The highest BCUT2D eigenvalue weighted by atomic mass is 28.5. The van der Waals surface area contributed by atoms with Crippen molar-refractivity contribution in [2.24, 2.45) is 0 Å². The highest BCUT2D eigenvalue weighted by Crippen LogP contribution is 2.50. The van der Waals surface area contributed by atoms with Crippen LogP contribution in [0.2, 0.25) is 68.5 Å². The Morgan fingerprint density at radius 3 is 0.922 bits per heavy atom. The third-order valence-electron chi connectivity index (χ3n) is 10.9. The van der Waals surface area contributed by atoms with E-state index < -0.39 is 111 Å².